The van der Waals surface area contributed by atoms with Gasteiger partial charge in [0.05, 0.1) is 6.61 Å². The van der Waals surface area contributed by atoms with Crippen molar-refractivity contribution in [2.75, 3.05) is 25.6 Å². The fraction of sp³-hybridized carbons (Fsp3) is 0.333. The number of rotatable bonds is 4. The zero-order valence-electron chi connectivity index (χ0n) is 10.2. The lowest BCUT2D eigenvalue weighted by Gasteiger charge is -2.08. The zero-order chi connectivity index (χ0) is 13.5. The summed E-state index contributed by atoms with van der Waals surface area (Å²) in [6.07, 6.45) is 0. The molecule has 0 saturated carbocycles. The average molecular weight is 271 g/mol. The van der Waals surface area contributed by atoms with E-state index in [1.165, 1.54) is 7.11 Å². The van der Waals surface area contributed by atoms with Crippen LogP contribution < -0.4 is 10.6 Å². The topological polar surface area (TPSA) is 67.4 Å². The first-order valence-electron chi connectivity index (χ1n) is 5.39. The van der Waals surface area contributed by atoms with E-state index in [1.807, 2.05) is 6.92 Å². The van der Waals surface area contributed by atoms with Gasteiger partial charge in [0, 0.05) is 24.4 Å². The summed E-state index contributed by atoms with van der Waals surface area (Å²) in [5, 5.41) is 5.43. The van der Waals surface area contributed by atoms with Gasteiger partial charge in [-0.3, -0.25) is 9.59 Å². The van der Waals surface area contributed by atoms with Crippen molar-refractivity contribution in [2.24, 2.45) is 0 Å². The summed E-state index contributed by atoms with van der Waals surface area (Å²) in [5.74, 6) is -1.43. The summed E-state index contributed by atoms with van der Waals surface area (Å²) in [6.45, 7) is 2.46. The van der Waals surface area contributed by atoms with E-state index in [-0.39, 0.29) is 6.54 Å². The van der Waals surface area contributed by atoms with Crippen molar-refractivity contribution in [3.63, 3.8) is 0 Å². The smallest absolute Gasteiger partial charge is 0.313 e. The van der Waals surface area contributed by atoms with Crippen LogP contribution in [0.25, 0.3) is 0 Å². The lowest BCUT2D eigenvalue weighted by molar-refractivity contribution is -0.136. The SMILES string of the molecule is COCCNC(=O)C(=O)Nc1cc(Cl)ccc1C. The van der Waals surface area contributed by atoms with Crippen molar-refractivity contribution in [1.29, 1.82) is 0 Å². The second-order valence-corrected chi connectivity index (χ2v) is 4.10. The van der Waals surface area contributed by atoms with Gasteiger partial charge in [-0.1, -0.05) is 17.7 Å². The molecule has 0 aliphatic rings. The highest BCUT2D eigenvalue weighted by Gasteiger charge is 2.14. The summed E-state index contributed by atoms with van der Waals surface area (Å²) in [5.41, 5.74) is 1.35. The van der Waals surface area contributed by atoms with E-state index in [1.54, 1.807) is 18.2 Å². The standard InChI is InChI=1S/C12H15ClN2O3/c1-8-3-4-9(13)7-10(8)15-12(17)11(16)14-5-6-18-2/h3-4,7H,5-6H2,1-2H3,(H,14,16)(H,15,17). The molecule has 6 heteroatoms. The molecule has 0 bridgehead atoms. The Balaban J connectivity index is 2.58. The number of carbonyl (C=O) groups is 2. The maximum atomic E-state index is 11.6. The summed E-state index contributed by atoms with van der Waals surface area (Å²) < 4.78 is 4.76. The lowest BCUT2D eigenvalue weighted by Crippen LogP contribution is -2.37. The van der Waals surface area contributed by atoms with E-state index < -0.39 is 11.8 Å². The first kappa shape index (κ1) is 14.5. The molecule has 0 aromatic heterocycles. The number of nitrogens with one attached hydrogen (secondary N) is 2. The van der Waals surface area contributed by atoms with Crippen molar-refractivity contribution in [1.82, 2.24) is 5.32 Å². The quantitative estimate of drug-likeness (QED) is 0.641. The lowest BCUT2D eigenvalue weighted by atomic mass is 10.2. The first-order chi connectivity index (χ1) is 8.54. The van der Waals surface area contributed by atoms with Gasteiger partial charge in [-0.25, -0.2) is 0 Å². The number of benzene rings is 1. The van der Waals surface area contributed by atoms with E-state index in [9.17, 15) is 9.59 Å². The van der Waals surface area contributed by atoms with Gasteiger partial charge in [0.15, 0.2) is 0 Å². The van der Waals surface area contributed by atoms with E-state index in [4.69, 9.17) is 16.3 Å². The molecule has 1 aromatic rings. The molecule has 0 aliphatic heterocycles. The van der Waals surface area contributed by atoms with Gasteiger partial charge in [-0.2, -0.15) is 0 Å². The third-order valence-corrected chi connectivity index (χ3v) is 2.48. The van der Waals surface area contributed by atoms with Gasteiger partial charge >= 0.3 is 11.8 Å². The van der Waals surface area contributed by atoms with Crippen molar-refractivity contribution in [3.05, 3.63) is 28.8 Å². The van der Waals surface area contributed by atoms with Crippen LogP contribution in [0.5, 0.6) is 0 Å². The Morgan fingerprint density at radius 1 is 1.33 bits per heavy atom. The van der Waals surface area contributed by atoms with Crippen LogP contribution in [0.1, 0.15) is 5.56 Å². The molecule has 0 atom stereocenters. The maximum absolute atomic E-state index is 11.6. The third kappa shape index (κ3) is 4.35. The molecule has 0 unspecified atom stereocenters. The highest BCUT2D eigenvalue weighted by molar-refractivity contribution is 6.40. The molecule has 1 aromatic carbocycles. The number of hydrogen-bond donors (Lipinski definition) is 2. The molecular formula is C12H15ClN2O3. The van der Waals surface area contributed by atoms with Crippen LogP contribution in [0.3, 0.4) is 0 Å². The fourth-order valence-corrected chi connectivity index (χ4v) is 1.43. The molecule has 2 amide bonds. The zero-order valence-corrected chi connectivity index (χ0v) is 11.0. The summed E-state index contributed by atoms with van der Waals surface area (Å²) in [7, 11) is 1.52. The van der Waals surface area contributed by atoms with E-state index >= 15 is 0 Å². The van der Waals surface area contributed by atoms with E-state index in [2.05, 4.69) is 10.6 Å². The molecule has 98 valence electrons. The van der Waals surface area contributed by atoms with Crippen molar-refractivity contribution >= 4 is 29.1 Å². The molecule has 0 aliphatic carbocycles. The fourth-order valence-electron chi connectivity index (χ4n) is 1.25. The molecule has 0 heterocycles. The minimum atomic E-state index is -0.725. The minimum absolute atomic E-state index is 0.289. The van der Waals surface area contributed by atoms with Crippen LogP contribution >= 0.6 is 11.6 Å². The van der Waals surface area contributed by atoms with Gasteiger partial charge in [0.2, 0.25) is 0 Å². The van der Waals surface area contributed by atoms with Gasteiger partial charge in [-0.15, -0.1) is 0 Å². The molecule has 0 radical (unpaired) electrons. The maximum Gasteiger partial charge on any atom is 0.313 e. The monoisotopic (exact) mass is 270 g/mol. The number of amides is 2. The van der Waals surface area contributed by atoms with Crippen LogP contribution in [0.15, 0.2) is 18.2 Å². The predicted octanol–water partition coefficient (Wildman–Crippen LogP) is 1.35. The second-order valence-electron chi connectivity index (χ2n) is 3.66. The van der Waals surface area contributed by atoms with E-state index in [0.717, 1.165) is 5.56 Å². The molecule has 0 saturated heterocycles. The average Bonchev–Trinajstić information content (AvgIpc) is 2.34. The highest BCUT2D eigenvalue weighted by atomic mass is 35.5. The normalized spacial score (nSPS) is 9.94. The van der Waals surface area contributed by atoms with Gasteiger partial charge in [0.1, 0.15) is 0 Å². The van der Waals surface area contributed by atoms with Crippen molar-refractivity contribution < 1.29 is 14.3 Å². The molecule has 18 heavy (non-hydrogen) atoms. The Hall–Kier alpha value is -1.59. The van der Waals surface area contributed by atoms with Crippen molar-refractivity contribution in [3.8, 4) is 0 Å². The van der Waals surface area contributed by atoms with Crippen LogP contribution in [0.4, 0.5) is 5.69 Å². The van der Waals surface area contributed by atoms with Crippen LogP contribution in [0.2, 0.25) is 5.02 Å². The molecule has 2 N–H and O–H groups in total. The van der Waals surface area contributed by atoms with Gasteiger partial charge in [0.25, 0.3) is 0 Å². The Bertz CT molecular complexity index is 449. The molecule has 0 spiro atoms. The Labute approximate surface area is 110 Å². The van der Waals surface area contributed by atoms with Crippen LogP contribution in [0, 0.1) is 6.92 Å². The largest absolute Gasteiger partial charge is 0.383 e. The van der Waals surface area contributed by atoms with Gasteiger partial charge in [-0.05, 0) is 24.6 Å². The van der Waals surface area contributed by atoms with Crippen LogP contribution in [-0.2, 0) is 14.3 Å². The molecular weight excluding hydrogens is 256 g/mol. The van der Waals surface area contributed by atoms with Crippen molar-refractivity contribution in [2.45, 2.75) is 6.92 Å². The van der Waals surface area contributed by atoms with Crippen LogP contribution in [-0.4, -0.2) is 32.1 Å². The third-order valence-electron chi connectivity index (χ3n) is 2.25. The highest BCUT2D eigenvalue weighted by Crippen LogP contribution is 2.19. The van der Waals surface area contributed by atoms with Gasteiger partial charge < -0.3 is 15.4 Å². The number of carbonyl (C=O) groups excluding carboxylic acids is 2. The Kier molecular flexibility index (Phi) is 5.61. The number of anilines is 1. The van der Waals surface area contributed by atoms with E-state index in [0.29, 0.717) is 17.3 Å². The number of halogens is 1. The number of aryl methyl sites for hydroxylation is 1. The second kappa shape index (κ2) is 6.98. The number of ether oxygens (including phenoxy) is 1. The Morgan fingerprint density at radius 2 is 2.06 bits per heavy atom. The minimum Gasteiger partial charge on any atom is -0.383 e. The molecule has 0 fully saturated rings. The number of hydrogen-bond acceptors (Lipinski definition) is 3. The summed E-state index contributed by atoms with van der Waals surface area (Å²) in [4.78, 5) is 23.0. The number of methoxy groups -OCH3 is 1. The Morgan fingerprint density at radius 3 is 2.72 bits per heavy atom. The summed E-state index contributed by atoms with van der Waals surface area (Å²) >= 11 is 5.81. The molecule has 1 rings (SSSR count). The predicted molar refractivity (Wildman–Crippen MR) is 69.7 cm³/mol. The molecule has 5 nitrogen and oxygen atoms in total. The first-order valence-corrected chi connectivity index (χ1v) is 5.76. The summed E-state index contributed by atoms with van der Waals surface area (Å²) in [6, 6.07) is 5.07.